The van der Waals surface area contributed by atoms with Gasteiger partial charge < -0.3 is 25.5 Å². The van der Waals surface area contributed by atoms with Gasteiger partial charge >= 0.3 is 29.8 Å². The standard InChI is InChI=1S/C11H12O10/c12-7(13)2-1-3(8(14)15)5(10(18)19)6(11(20)21)4(2)9(16)17/h2-6H,1H2,(H,12,13)(H,14,15)(H,16,17)(H,18,19)(H,20,21)/t2?,3?,4-,5-,6?/m1/s1. The Morgan fingerprint density at radius 3 is 1.00 bits per heavy atom. The summed E-state index contributed by atoms with van der Waals surface area (Å²) < 4.78 is 0. The third-order valence-corrected chi connectivity index (χ3v) is 3.64. The molecule has 0 amide bonds. The lowest BCUT2D eigenvalue weighted by Crippen LogP contribution is -2.53. The van der Waals surface area contributed by atoms with E-state index in [1.54, 1.807) is 0 Å². The van der Waals surface area contributed by atoms with Gasteiger partial charge in [0.1, 0.15) is 0 Å². The highest BCUT2D eigenvalue weighted by Gasteiger charge is 2.58. The Morgan fingerprint density at radius 1 is 0.524 bits per heavy atom. The Hall–Kier alpha value is -2.65. The first-order valence-corrected chi connectivity index (χ1v) is 5.73. The fraction of sp³-hybridized carbons (Fsp3) is 0.545. The predicted molar refractivity (Wildman–Crippen MR) is 60.2 cm³/mol. The molecule has 4 atom stereocenters. The molecule has 0 heterocycles. The van der Waals surface area contributed by atoms with Crippen molar-refractivity contribution < 1.29 is 49.5 Å². The quantitative estimate of drug-likeness (QED) is 0.417. The SMILES string of the molecule is O=C(O)C1CC(C(=O)O)[C@@H](C(=O)O)C(C(=O)O)[C@@H]1C(=O)O. The number of rotatable bonds is 5. The largest absolute Gasteiger partial charge is 0.481 e. The van der Waals surface area contributed by atoms with Gasteiger partial charge in [0.25, 0.3) is 0 Å². The fourth-order valence-electron chi connectivity index (χ4n) is 2.76. The molecule has 10 nitrogen and oxygen atoms in total. The lowest BCUT2D eigenvalue weighted by molar-refractivity contribution is -0.180. The molecule has 0 spiro atoms. The molecular formula is C11H12O10. The monoisotopic (exact) mass is 304 g/mol. The first-order valence-electron chi connectivity index (χ1n) is 5.73. The highest BCUT2D eigenvalue weighted by Crippen LogP contribution is 2.43. The molecule has 0 aliphatic heterocycles. The fourth-order valence-corrected chi connectivity index (χ4v) is 2.76. The maximum Gasteiger partial charge on any atom is 0.308 e. The van der Waals surface area contributed by atoms with Gasteiger partial charge in [-0.05, 0) is 6.42 Å². The molecule has 0 radical (unpaired) electrons. The van der Waals surface area contributed by atoms with Crippen molar-refractivity contribution in [2.45, 2.75) is 6.42 Å². The van der Waals surface area contributed by atoms with E-state index in [0.717, 1.165) is 0 Å². The van der Waals surface area contributed by atoms with Crippen molar-refractivity contribution in [2.75, 3.05) is 0 Å². The number of carboxylic acid groups (broad SMARTS) is 5. The minimum atomic E-state index is -2.14. The second-order valence-electron chi connectivity index (χ2n) is 4.72. The minimum absolute atomic E-state index is 0.762. The van der Waals surface area contributed by atoms with Gasteiger partial charge in [-0.15, -0.1) is 0 Å². The van der Waals surface area contributed by atoms with Crippen molar-refractivity contribution in [3.05, 3.63) is 0 Å². The lowest BCUT2D eigenvalue weighted by atomic mass is 9.61. The summed E-state index contributed by atoms with van der Waals surface area (Å²) in [6, 6.07) is 0. The smallest absolute Gasteiger partial charge is 0.308 e. The summed E-state index contributed by atoms with van der Waals surface area (Å²) >= 11 is 0. The predicted octanol–water partition coefficient (Wildman–Crippen LogP) is -1.11. The van der Waals surface area contributed by atoms with Gasteiger partial charge in [-0.1, -0.05) is 0 Å². The van der Waals surface area contributed by atoms with E-state index in [-0.39, 0.29) is 0 Å². The number of aliphatic carboxylic acids is 5. The van der Waals surface area contributed by atoms with Gasteiger partial charge in [0.2, 0.25) is 0 Å². The summed E-state index contributed by atoms with van der Waals surface area (Å²) in [6.45, 7) is 0. The molecule has 2 unspecified atom stereocenters. The zero-order valence-electron chi connectivity index (χ0n) is 10.4. The molecule has 21 heavy (non-hydrogen) atoms. The van der Waals surface area contributed by atoms with Crippen LogP contribution in [-0.2, 0) is 24.0 Å². The Balaban J connectivity index is 3.45. The van der Waals surface area contributed by atoms with Gasteiger partial charge in [0.05, 0.1) is 29.6 Å². The zero-order valence-corrected chi connectivity index (χ0v) is 10.4. The Kier molecular flexibility index (Phi) is 4.51. The average molecular weight is 304 g/mol. The number of hydrogen-bond donors (Lipinski definition) is 5. The van der Waals surface area contributed by atoms with Crippen LogP contribution in [-0.4, -0.2) is 55.4 Å². The van der Waals surface area contributed by atoms with Crippen molar-refractivity contribution in [3.63, 3.8) is 0 Å². The van der Waals surface area contributed by atoms with Crippen LogP contribution in [0.2, 0.25) is 0 Å². The molecule has 1 rings (SSSR count). The molecule has 0 aromatic carbocycles. The topological polar surface area (TPSA) is 186 Å². The summed E-state index contributed by atoms with van der Waals surface area (Å²) in [5.74, 6) is -18.5. The van der Waals surface area contributed by atoms with Crippen LogP contribution in [0.5, 0.6) is 0 Å². The van der Waals surface area contributed by atoms with E-state index >= 15 is 0 Å². The third-order valence-electron chi connectivity index (χ3n) is 3.64. The Morgan fingerprint density at radius 2 is 0.810 bits per heavy atom. The molecule has 1 saturated carbocycles. The van der Waals surface area contributed by atoms with E-state index < -0.39 is 65.9 Å². The van der Waals surface area contributed by atoms with Crippen molar-refractivity contribution >= 4 is 29.8 Å². The molecular weight excluding hydrogens is 292 g/mol. The second-order valence-corrected chi connectivity index (χ2v) is 4.72. The molecule has 10 heteroatoms. The van der Waals surface area contributed by atoms with Crippen molar-refractivity contribution in [3.8, 4) is 0 Å². The zero-order chi connectivity index (χ0) is 16.5. The number of carboxylic acids is 5. The van der Waals surface area contributed by atoms with Crippen LogP contribution < -0.4 is 0 Å². The number of hydrogen-bond acceptors (Lipinski definition) is 5. The maximum atomic E-state index is 11.2. The summed E-state index contributed by atoms with van der Waals surface area (Å²) in [5, 5.41) is 45.1. The normalized spacial score (nSPS) is 32.1. The summed E-state index contributed by atoms with van der Waals surface area (Å²) in [5.41, 5.74) is 0. The summed E-state index contributed by atoms with van der Waals surface area (Å²) in [7, 11) is 0. The summed E-state index contributed by atoms with van der Waals surface area (Å²) in [4.78, 5) is 55.7. The molecule has 0 aromatic rings. The molecule has 0 saturated heterocycles. The van der Waals surface area contributed by atoms with Crippen LogP contribution in [0, 0.1) is 29.6 Å². The number of carbonyl (C=O) groups is 5. The summed E-state index contributed by atoms with van der Waals surface area (Å²) in [6.07, 6.45) is -0.762. The Labute approximate surface area is 116 Å². The van der Waals surface area contributed by atoms with Crippen LogP contribution in [0.3, 0.4) is 0 Å². The molecule has 1 aliphatic carbocycles. The highest BCUT2D eigenvalue weighted by molar-refractivity contribution is 5.92. The van der Waals surface area contributed by atoms with Crippen LogP contribution in [0.15, 0.2) is 0 Å². The van der Waals surface area contributed by atoms with Crippen LogP contribution in [0.4, 0.5) is 0 Å². The van der Waals surface area contributed by atoms with Crippen molar-refractivity contribution in [2.24, 2.45) is 29.6 Å². The molecule has 0 aromatic heterocycles. The highest BCUT2D eigenvalue weighted by atomic mass is 16.4. The second kappa shape index (κ2) is 5.77. The first-order chi connectivity index (χ1) is 9.59. The van der Waals surface area contributed by atoms with Crippen molar-refractivity contribution in [1.29, 1.82) is 0 Å². The maximum absolute atomic E-state index is 11.2. The van der Waals surface area contributed by atoms with E-state index in [9.17, 15) is 24.0 Å². The molecule has 5 N–H and O–H groups in total. The lowest BCUT2D eigenvalue weighted by Gasteiger charge is -2.38. The first kappa shape index (κ1) is 16.4. The molecule has 0 bridgehead atoms. The van der Waals surface area contributed by atoms with E-state index in [1.165, 1.54) is 0 Å². The Bertz CT molecular complexity index is 471. The van der Waals surface area contributed by atoms with Crippen LogP contribution in [0.1, 0.15) is 6.42 Å². The van der Waals surface area contributed by atoms with E-state index in [0.29, 0.717) is 0 Å². The third kappa shape index (κ3) is 2.93. The van der Waals surface area contributed by atoms with Gasteiger partial charge in [-0.25, -0.2) is 0 Å². The van der Waals surface area contributed by atoms with Crippen molar-refractivity contribution in [1.82, 2.24) is 0 Å². The van der Waals surface area contributed by atoms with E-state index in [4.69, 9.17) is 25.5 Å². The average Bonchev–Trinajstić information content (AvgIpc) is 2.34. The van der Waals surface area contributed by atoms with Crippen LogP contribution in [0.25, 0.3) is 0 Å². The minimum Gasteiger partial charge on any atom is -0.481 e. The van der Waals surface area contributed by atoms with Gasteiger partial charge in [-0.2, -0.15) is 0 Å². The van der Waals surface area contributed by atoms with Gasteiger partial charge in [-0.3, -0.25) is 24.0 Å². The van der Waals surface area contributed by atoms with Gasteiger partial charge in [0.15, 0.2) is 0 Å². The molecule has 116 valence electrons. The molecule has 1 fully saturated rings. The van der Waals surface area contributed by atoms with Gasteiger partial charge in [0, 0.05) is 0 Å². The van der Waals surface area contributed by atoms with E-state index in [1.807, 2.05) is 0 Å². The van der Waals surface area contributed by atoms with E-state index in [2.05, 4.69) is 0 Å². The van der Waals surface area contributed by atoms with Crippen LogP contribution >= 0.6 is 0 Å². The molecule has 1 aliphatic rings.